The Labute approximate surface area is 129 Å². The molecule has 0 radical (unpaired) electrons. The number of rotatable bonds is 3. The first-order valence-electron chi connectivity index (χ1n) is 7.30. The molecular formula is C18H18N2O2. The van der Waals surface area contributed by atoms with E-state index >= 15 is 0 Å². The summed E-state index contributed by atoms with van der Waals surface area (Å²) < 4.78 is 0. The number of carbonyl (C=O) groups excluding carboxylic acids is 2. The molecule has 2 N–H and O–H groups in total. The topological polar surface area (TPSA) is 72.5 Å². The van der Waals surface area contributed by atoms with Crippen molar-refractivity contribution >= 4 is 28.2 Å². The number of ketones is 1. The minimum Gasteiger partial charge on any atom is -0.363 e. The van der Waals surface area contributed by atoms with Crippen LogP contribution in [0.2, 0.25) is 0 Å². The molecule has 1 amide bonds. The lowest BCUT2D eigenvalue weighted by atomic mass is 9.83. The molecule has 4 nitrogen and oxygen atoms in total. The Morgan fingerprint density at radius 2 is 1.91 bits per heavy atom. The molecule has 0 fully saturated rings. The lowest BCUT2D eigenvalue weighted by Crippen LogP contribution is -2.32. The van der Waals surface area contributed by atoms with Gasteiger partial charge in [-0.05, 0) is 42.2 Å². The summed E-state index contributed by atoms with van der Waals surface area (Å²) in [6, 6.07) is 12.2. The van der Waals surface area contributed by atoms with Gasteiger partial charge >= 0.3 is 0 Å². The van der Waals surface area contributed by atoms with Crippen molar-refractivity contribution in [2.75, 3.05) is 0 Å². The zero-order valence-electron chi connectivity index (χ0n) is 12.7. The number of hydrogen-bond acceptors (Lipinski definition) is 3. The van der Waals surface area contributed by atoms with Gasteiger partial charge in [0.05, 0.1) is 17.7 Å². The van der Waals surface area contributed by atoms with E-state index in [0.29, 0.717) is 5.71 Å². The average Bonchev–Trinajstić information content (AvgIpc) is 2.45. The molecule has 0 unspecified atom stereocenters. The van der Waals surface area contributed by atoms with E-state index in [9.17, 15) is 9.59 Å². The van der Waals surface area contributed by atoms with E-state index in [1.54, 1.807) is 0 Å². The molecule has 0 atom stereocenters. The van der Waals surface area contributed by atoms with E-state index in [2.05, 4.69) is 17.1 Å². The molecule has 0 saturated carbocycles. The zero-order valence-corrected chi connectivity index (χ0v) is 12.7. The average molecular weight is 294 g/mol. The molecule has 0 spiro atoms. The largest absolute Gasteiger partial charge is 0.363 e. The van der Waals surface area contributed by atoms with Crippen molar-refractivity contribution < 1.29 is 9.59 Å². The third-order valence-corrected chi connectivity index (χ3v) is 4.00. The fraction of sp³-hybridized carbons (Fsp3) is 0.278. The maximum Gasteiger partial charge on any atom is 0.285 e. The van der Waals surface area contributed by atoms with Crippen LogP contribution in [-0.4, -0.2) is 22.9 Å². The molecule has 4 heteroatoms. The summed E-state index contributed by atoms with van der Waals surface area (Å²) in [6.07, 6.45) is 0.766. The van der Waals surface area contributed by atoms with Gasteiger partial charge in [0.15, 0.2) is 0 Å². The van der Waals surface area contributed by atoms with Crippen LogP contribution in [0.1, 0.15) is 31.4 Å². The Kier molecular flexibility index (Phi) is 3.32. The van der Waals surface area contributed by atoms with Crippen LogP contribution in [0.25, 0.3) is 10.8 Å². The fourth-order valence-electron chi connectivity index (χ4n) is 3.07. The number of carbonyl (C=O) groups is 2. The number of nitrogens with zero attached hydrogens (tertiary/aromatic N) is 1. The molecular weight excluding hydrogens is 276 g/mol. The van der Waals surface area contributed by atoms with Crippen LogP contribution >= 0.6 is 0 Å². The molecule has 1 heterocycles. The van der Waals surface area contributed by atoms with Gasteiger partial charge in [-0.15, -0.1) is 0 Å². The summed E-state index contributed by atoms with van der Waals surface area (Å²) in [5.41, 5.74) is 7.58. The quantitative estimate of drug-likeness (QED) is 0.883. The number of amides is 1. The van der Waals surface area contributed by atoms with Crippen LogP contribution in [0.3, 0.4) is 0 Å². The minimum absolute atomic E-state index is 0.0376. The van der Waals surface area contributed by atoms with Crippen LogP contribution in [0.4, 0.5) is 0 Å². The van der Waals surface area contributed by atoms with Gasteiger partial charge < -0.3 is 5.73 Å². The first-order chi connectivity index (χ1) is 10.4. The summed E-state index contributed by atoms with van der Waals surface area (Å²) in [5.74, 6) is -1.51. The summed E-state index contributed by atoms with van der Waals surface area (Å²) in [5, 5.41) is 2.34. The lowest BCUT2D eigenvalue weighted by molar-refractivity contribution is -0.135. The maximum atomic E-state index is 11.7. The molecule has 2 aromatic carbocycles. The van der Waals surface area contributed by atoms with E-state index in [1.807, 2.05) is 38.1 Å². The van der Waals surface area contributed by atoms with E-state index in [-0.39, 0.29) is 12.0 Å². The van der Waals surface area contributed by atoms with E-state index in [1.165, 1.54) is 16.3 Å². The van der Waals surface area contributed by atoms with Gasteiger partial charge in [0.2, 0.25) is 5.78 Å². The van der Waals surface area contributed by atoms with Crippen LogP contribution in [0.5, 0.6) is 0 Å². The van der Waals surface area contributed by atoms with Crippen LogP contribution in [0.15, 0.2) is 41.4 Å². The van der Waals surface area contributed by atoms with E-state index in [4.69, 9.17) is 5.73 Å². The predicted molar refractivity (Wildman–Crippen MR) is 87.1 cm³/mol. The first kappa shape index (κ1) is 14.4. The Morgan fingerprint density at radius 1 is 1.18 bits per heavy atom. The highest BCUT2D eigenvalue weighted by Gasteiger charge is 2.29. The summed E-state index contributed by atoms with van der Waals surface area (Å²) >= 11 is 0. The molecule has 2 aromatic rings. The molecule has 1 aliphatic heterocycles. The number of fused-ring (bicyclic) bond motifs is 3. The number of benzene rings is 2. The Hall–Kier alpha value is -2.49. The second kappa shape index (κ2) is 5.05. The Morgan fingerprint density at radius 3 is 2.64 bits per heavy atom. The fourth-order valence-corrected chi connectivity index (χ4v) is 3.07. The molecule has 0 bridgehead atoms. The second-order valence-electron chi connectivity index (χ2n) is 6.32. The van der Waals surface area contributed by atoms with Crippen molar-refractivity contribution in [3.8, 4) is 0 Å². The SMILES string of the molecule is CC1(C)Cc2c(ccc3ccccc23)C(CC(=O)C(N)=O)=N1. The van der Waals surface area contributed by atoms with Crippen molar-refractivity contribution in [1.29, 1.82) is 0 Å². The van der Waals surface area contributed by atoms with Crippen molar-refractivity contribution in [2.45, 2.75) is 32.2 Å². The monoisotopic (exact) mass is 294 g/mol. The van der Waals surface area contributed by atoms with Gasteiger partial charge in [0, 0.05) is 0 Å². The van der Waals surface area contributed by atoms with Gasteiger partial charge in [0.25, 0.3) is 5.91 Å². The summed E-state index contributed by atoms with van der Waals surface area (Å²) in [7, 11) is 0. The summed E-state index contributed by atoms with van der Waals surface area (Å²) in [6.45, 7) is 4.07. The molecule has 0 aromatic heterocycles. The van der Waals surface area contributed by atoms with Crippen LogP contribution in [0, 0.1) is 0 Å². The molecule has 22 heavy (non-hydrogen) atoms. The summed E-state index contributed by atoms with van der Waals surface area (Å²) in [4.78, 5) is 27.5. The maximum absolute atomic E-state index is 11.7. The molecule has 3 rings (SSSR count). The van der Waals surface area contributed by atoms with Gasteiger partial charge in [0.1, 0.15) is 0 Å². The minimum atomic E-state index is -0.909. The highest BCUT2D eigenvalue weighted by Crippen LogP contribution is 2.33. The second-order valence-corrected chi connectivity index (χ2v) is 6.32. The Bertz CT molecular complexity index is 819. The molecule has 1 aliphatic rings. The highest BCUT2D eigenvalue weighted by molar-refractivity contribution is 6.40. The van der Waals surface area contributed by atoms with Gasteiger partial charge in [-0.25, -0.2) is 0 Å². The molecule has 112 valence electrons. The van der Waals surface area contributed by atoms with Crippen LogP contribution < -0.4 is 5.73 Å². The van der Waals surface area contributed by atoms with E-state index in [0.717, 1.165) is 12.0 Å². The Balaban J connectivity index is 2.17. The standard InChI is InChI=1S/C18H18N2O2/c1-18(2)10-14-12-6-4-3-5-11(12)7-8-13(14)15(20-18)9-16(21)17(19)22/h3-8H,9-10H2,1-2H3,(H2,19,22). The van der Waals surface area contributed by atoms with E-state index < -0.39 is 11.7 Å². The molecule has 0 aliphatic carbocycles. The van der Waals surface area contributed by atoms with Gasteiger partial charge in [-0.3, -0.25) is 14.6 Å². The smallest absolute Gasteiger partial charge is 0.285 e. The van der Waals surface area contributed by atoms with Crippen molar-refractivity contribution in [2.24, 2.45) is 10.7 Å². The molecule has 0 saturated heterocycles. The van der Waals surface area contributed by atoms with Crippen molar-refractivity contribution in [3.05, 3.63) is 47.5 Å². The third kappa shape index (κ3) is 2.52. The number of Topliss-reactive ketones (excluding diaryl/α,β-unsaturated/α-hetero) is 1. The number of hydrogen-bond donors (Lipinski definition) is 1. The predicted octanol–water partition coefficient (Wildman–Crippen LogP) is 2.41. The normalized spacial score (nSPS) is 16.0. The highest BCUT2D eigenvalue weighted by atomic mass is 16.2. The van der Waals surface area contributed by atoms with Gasteiger partial charge in [-0.1, -0.05) is 36.4 Å². The number of aliphatic imine (C=N–C) groups is 1. The number of nitrogens with two attached hydrogens (primary N) is 1. The van der Waals surface area contributed by atoms with Crippen LogP contribution in [-0.2, 0) is 16.0 Å². The number of primary amides is 1. The zero-order chi connectivity index (χ0) is 15.9. The lowest BCUT2D eigenvalue weighted by Gasteiger charge is -2.30. The third-order valence-electron chi connectivity index (χ3n) is 4.00. The van der Waals surface area contributed by atoms with Crippen molar-refractivity contribution in [1.82, 2.24) is 0 Å². The van der Waals surface area contributed by atoms with Gasteiger partial charge in [-0.2, -0.15) is 0 Å². The van der Waals surface area contributed by atoms with Crippen molar-refractivity contribution in [3.63, 3.8) is 0 Å². The first-order valence-corrected chi connectivity index (χ1v) is 7.30.